The predicted molar refractivity (Wildman–Crippen MR) is 64.7 cm³/mol. The Labute approximate surface area is 103 Å². The summed E-state index contributed by atoms with van der Waals surface area (Å²) in [6, 6.07) is 0. The first-order chi connectivity index (χ1) is 7.83. The molecule has 4 nitrogen and oxygen atoms in total. The zero-order valence-corrected chi connectivity index (χ0v) is 11.3. The maximum Gasteiger partial charge on any atom is 0.245 e. The summed E-state index contributed by atoms with van der Waals surface area (Å²) in [4.78, 5) is 11.3. The Morgan fingerprint density at radius 1 is 1.35 bits per heavy atom. The molecular weight excluding hydrogens is 218 g/mol. The summed E-state index contributed by atoms with van der Waals surface area (Å²) in [7, 11) is 1.64. The summed E-state index contributed by atoms with van der Waals surface area (Å²) < 4.78 is 11.2. The van der Waals surface area contributed by atoms with Gasteiger partial charge in [-0.05, 0) is 18.3 Å². The third kappa shape index (κ3) is 2.08. The maximum absolute atomic E-state index is 11.3. The molecule has 1 amide bonds. The van der Waals surface area contributed by atoms with Gasteiger partial charge in [-0.25, -0.2) is 0 Å². The van der Waals surface area contributed by atoms with Crippen molar-refractivity contribution >= 4 is 5.91 Å². The van der Waals surface area contributed by atoms with Crippen molar-refractivity contribution in [3.63, 3.8) is 0 Å². The maximum atomic E-state index is 11.3. The van der Waals surface area contributed by atoms with Crippen LogP contribution in [0, 0.1) is 10.8 Å². The summed E-state index contributed by atoms with van der Waals surface area (Å²) in [5.74, 6) is -0.0561. The molecule has 17 heavy (non-hydrogen) atoms. The molecule has 1 aliphatic carbocycles. The molecule has 0 aromatic rings. The molecule has 2 fully saturated rings. The fraction of sp³-hybridized carbons (Fsp3) is 0.923. The van der Waals surface area contributed by atoms with Gasteiger partial charge in [0, 0.05) is 12.5 Å². The van der Waals surface area contributed by atoms with Crippen LogP contribution in [0.4, 0.5) is 0 Å². The van der Waals surface area contributed by atoms with Crippen LogP contribution < -0.4 is 5.32 Å². The highest BCUT2D eigenvalue weighted by molar-refractivity contribution is 5.76. The number of rotatable bonds is 3. The SMILES string of the molecule is CNC(=O)COC1(C(C)(C)C)CC2(COC2)C1. The van der Waals surface area contributed by atoms with Crippen LogP contribution in [0.15, 0.2) is 0 Å². The quantitative estimate of drug-likeness (QED) is 0.811. The number of carbonyl (C=O) groups excluding carboxylic acids is 1. The summed E-state index contributed by atoms with van der Waals surface area (Å²) in [5.41, 5.74) is 0.237. The summed E-state index contributed by atoms with van der Waals surface area (Å²) in [5, 5.41) is 2.60. The van der Waals surface area contributed by atoms with E-state index < -0.39 is 0 Å². The van der Waals surface area contributed by atoms with E-state index in [4.69, 9.17) is 9.47 Å². The normalized spacial score (nSPS) is 24.9. The highest BCUT2D eigenvalue weighted by atomic mass is 16.5. The number of likely N-dealkylation sites (N-methyl/N-ethyl adjacent to an activating group) is 1. The smallest absolute Gasteiger partial charge is 0.245 e. The minimum atomic E-state index is -0.163. The van der Waals surface area contributed by atoms with Gasteiger partial charge >= 0.3 is 0 Å². The third-order valence-electron chi connectivity index (χ3n) is 4.26. The van der Waals surface area contributed by atoms with E-state index in [1.54, 1.807) is 7.05 Å². The Morgan fingerprint density at radius 2 is 1.94 bits per heavy atom. The minimum absolute atomic E-state index is 0.0561. The van der Waals surface area contributed by atoms with Gasteiger partial charge in [0.15, 0.2) is 0 Å². The number of amides is 1. The summed E-state index contributed by atoms with van der Waals surface area (Å²) in [6.45, 7) is 8.42. The van der Waals surface area contributed by atoms with Gasteiger partial charge in [0.2, 0.25) is 5.91 Å². The fourth-order valence-corrected chi connectivity index (χ4v) is 2.88. The molecule has 1 saturated carbocycles. The number of nitrogens with one attached hydrogen (secondary N) is 1. The number of ether oxygens (including phenoxy) is 2. The molecule has 0 bridgehead atoms. The van der Waals surface area contributed by atoms with Crippen LogP contribution >= 0.6 is 0 Å². The van der Waals surface area contributed by atoms with Gasteiger partial charge in [-0.15, -0.1) is 0 Å². The average Bonchev–Trinajstić information content (AvgIpc) is 2.10. The predicted octanol–water partition coefficient (Wildman–Crippen LogP) is 1.34. The van der Waals surface area contributed by atoms with Gasteiger partial charge in [-0.2, -0.15) is 0 Å². The van der Waals surface area contributed by atoms with Crippen molar-refractivity contribution in [1.29, 1.82) is 0 Å². The summed E-state index contributed by atoms with van der Waals surface area (Å²) >= 11 is 0. The largest absolute Gasteiger partial charge is 0.380 e. The standard InChI is InChI=1S/C13H23NO3/c1-11(2,3)13(17-5-10(15)14-4)6-12(7-13)8-16-9-12/h5-9H2,1-4H3,(H,14,15). The van der Waals surface area contributed by atoms with E-state index in [9.17, 15) is 4.79 Å². The fourth-order valence-electron chi connectivity index (χ4n) is 2.88. The molecule has 1 N–H and O–H groups in total. The van der Waals surface area contributed by atoms with Gasteiger partial charge < -0.3 is 14.8 Å². The van der Waals surface area contributed by atoms with Crippen molar-refractivity contribution in [3.05, 3.63) is 0 Å². The Balaban J connectivity index is 1.98. The lowest BCUT2D eigenvalue weighted by atomic mass is 9.50. The lowest BCUT2D eigenvalue weighted by molar-refractivity contribution is -0.285. The molecular formula is C13H23NO3. The Bertz CT molecular complexity index is 307. The average molecular weight is 241 g/mol. The lowest BCUT2D eigenvalue weighted by Gasteiger charge is -2.64. The van der Waals surface area contributed by atoms with Crippen LogP contribution in [0.2, 0.25) is 0 Å². The van der Waals surface area contributed by atoms with Crippen LogP contribution in [0.3, 0.4) is 0 Å². The van der Waals surface area contributed by atoms with E-state index >= 15 is 0 Å². The molecule has 0 radical (unpaired) electrons. The number of carbonyl (C=O) groups is 1. The van der Waals surface area contributed by atoms with Crippen molar-refractivity contribution < 1.29 is 14.3 Å². The second kappa shape index (κ2) is 3.95. The third-order valence-corrected chi connectivity index (χ3v) is 4.26. The van der Waals surface area contributed by atoms with E-state index in [0.29, 0.717) is 5.41 Å². The van der Waals surface area contributed by atoms with Crippen LogP contribution in [0.25, 0.3) is 0 Å². The first kappa shape index (κ1) is 12.8. The number of hydrogen-bond donors (Lipinski definition) is 1. The highest BCUT2D eigenvalue weighted by Gasteiger charge is 2.63. The molecule has 1 heterocycles. The zero-order chi connectivity index (χ0) is 12.7. The lowest BCUT2D eigenvalue weighted by Crippen LogP contribution is -2.67. The molecule has 98 valence electrons. The molecule has 1 spiro atoms. The molecule has 2 aliphatic rings. The minimum Gasteiger partial charge on any atom is -0.380 e. The van der Waals surface area contributed by atoms with E-state index in [0.717, 1.165) is 26.1 Å². The Hall–Kier alpha value is -0.610. The molecule has 0 aromatic heterocycles. The van der Waals surface area contributed by atoms with E-state index in [2.05, 4.69) is 26.1 Å². The molecule has 1 aliphatic heterocycles. The van der Waals surface area contributed by atoms with Crippen molar-refractivity contribution in [1.82, 2.24) is 5.32 Å². The van der Waals surface area contributed by atoms with Crippen LogP contribution in [-0.4, -0.2) is 38.4 Å². The van der Waals surface area contributed by atoms with Gasteiger partial charge in [0.25, 0.3) is 0 Å². The van der Waals surface area contributed by atoms with Crippen LogP contribution in [0.1, 0.15) is 33.6 Å². The monoisotopic (exact) mass is 241 g/mol. The van der Waals surface area contributed by atoms with Crippen LogP contribution in [0.5, 0.6) is 0 Å². The molecule has 0 atom stereocenters. The van der Waals surface area contributed by atoms with Crippen molar-refractivity contribution in [2.24, 2.45) is 10.8 Å². The molecule has 4 heteroatoms. The Kier molecular flexibility index (Phi) is 2.99. The second-order valence-electron chi connectivity index (χ2n) is 6.55. The Morgan fingerprint density at radius 3 is 2.29 bits per heavy atom. The highest BCUT2D eigenvalue weighted by Crippen LogP contribution is 2.61. The van der Waals surface area contributed by atoms with Gasteiger partial charge in [-0.1, -0.05) is 20.8 Å². The summed E-state index contributed by atoms with van der Waals surface area (Å²) in [6.07, 6.45) is 2.03. The molecule has 2 rings (SSSR count). The molecule has 0 aromatic carbocycles. The van der Waals surface area contributed by atoms with Crippen molar-refractivity contribution in [2.45, 2.75) is 39.2 Å². The van der Waals surface area contributed by atoms with Gasteiger partial charge in [0.1, 0.15) is 6.61 Å². The zero-order valence-electron chi connectivity index (χ0n) is 11.3. The first-order valence-corrected chi connectivity index (χ1v) is 6.25. The van der Waals surface area contributed by atoms with E-state index in [1.165, 1.54) is 0 Å². The van der Waals surface area contributed by atoms with Crippen molar-refractivity contribution in [3.8, 4) is 0 Å². The second-order valence-corrected chi connectivity index (χ2v) is 6.55. The van der Waals surface area contributed by atoms with Crippen LogP contribution in [-0.2, 0) is 14.3 Å². The first-order valence-electron chi connectivity index (χ1n) is 6.25. The van der Waals surface area contributed by atoms with E-state index in [1.807, 2.05) is 0 Å². The number of hydrogen-bond acceptors (Lipinski definition) is 3. The molecule has 0 unspecified atom stereocenters. The van der Waals surface area contributed by atoms with Gasteiger partial charge in [-0.3, -0.25) is 4.79 Å². The molecule has 1 saturated heterocycles. The van der Waals surface area contributed by atoms with Crippen molar-refractivity contribution in [2.75, 3.05) is 26.9 Å². The van der Waals surface area contributed by atoms with E-state index in [-0.39, 0.29) is 23.5 Å². The van der Waals surface area contributed by atoms with Gasteiger partial charge in [0.05, 0.1) is 18.8 Å². The topological polar surface area (TPSA) is 47.6 Å².